The van der Waals surface area contributed by atoms with Gasteiger partial charge in [-0.1, -0.05) is 39.2 Å². The van der Waals surface area contributed by atoms with E-state index in [0.29, 0.717) is 0 Å². The van der Waals surface area contributed by atoms with Crippen LogP contribution in [-0.4, -0.2) is 18.6 Å². The average molecular weight is 304 g/mol. The first-order valence-corrected chi connectivity index (χ1v) is 8.46. The molecule has 2 unspecified atom stereocenters. The van der Waals surface area contributed by atoms with Crippen molar-refractivity contribution in [2.24, 2.45) is 5.73 Å². The quantitative estimate of drug-likeness (QED) is 0.834. The molecule has 0 fully saturated rings. The molecule has 1 aromatic rings. The molecule has 0 radical (unpaired) electrons. The van der Waals surface area contributed by atoms with Crippen molar-refractivity contribution in [3.05, 3.63) is 23.8 Å². The zero-order chi connectivity index (χ0) is 16.1. The van der Waals surface area contributed by atoms with Crippen molar-refractivity contribution < 1.29 is 9.53 Å². The Morgan fingerprint density at radius 3 is 2.68 bits per heavy atom. The van der Waals surface area contributed by atoms with Crippen molar-refractivity contribution in [1.82, 2.24) is 0 Å². The second kappa shape index (κ2) is 7.63. The first-order valence-electron chi connectivity index (χ1n) is 8.46. The summed E-state index contributed by atoms with van der Waals surface area (Å²) in [4.78, 5) is 14.3. The van der Waals surface area contributed by atoms with Crippen molar-refractivity contribution in [2.45, 2.75) is 65.0 Å². The Hall–Kier alpha value is -1.55. The summed E-state index contributed by atoms with van der Waals surface area (Å²) in [6, 6.07) is 6.04. The van der Waals surface area contributed by atoms with E-state index < -0.39 is 6.10 Å². The fourth-order valence-electron chi connectivity index (χ4n) is 2.79. The van der Waals surface area contributed by atoms with Gasteiger partial charge in [0, 0.05) is 12.6 Å². The zero-order valence-corrected chi connectivity index (χ0v) is 14.0. The predicted octanol–water partition coefficient (Wildman–Crippen LogP) is 3.79. The maximum Gasteiger partial charge on any atom is 0.267 e. The summed E-state index contributed by atoms with van der Waals surface area (Å²) >= 11 is 0. The molecular formula is C18H28N2O2. The predicted molar refractivity (Wildman–Crippen MR) is 90.2 cm³/mol. The number of hydrogen-bond acceptors (Lipinski definition) is 3. The number of benzene rings is 1. The van der Waals surface area contributed by atoms with Gasteiger partial charge in [-0.2, -0.15) is 0 Å². The number of anilines is 1. The summed E-state index contributed by atoms with van der Waals surface area (Å²) in [5, 5.41) is 0. The van der Waals surface area contributed by atoms with E-state index in [0.717, 1.165) is 55.6 Å². The molecule has 0 spiro atoms. The van der Waals surface area contributed by atoms with Crippen molar-refractivity contribution >= 4 is 11.6 Å². The van der Waals surface area contributed by atoms with Gasteiger partial charge in [0.15, 0.2) is 6.10 Å². The third kappa shape index (κ3) is 3.61. The van der Waals surface area contributed by atoms with Crippen LogP contribution in [0.1, 0.15) is 64.5 Å². The highest BCUT2D eigenvalue weighted by Gasteiger charge is 2.31. The highest BCUT2D eigenvalue weighted by Crippen LogP contribution is 2.36. The standard InChI is InChI=1S/C18H28N2O2/c1-4-6-8-15(19)14-9-10-17-16(12-14)20(11-7-5-2)18(21)13(3)22-17/h9-10,12-13,15H,4-8,11,19H2,1-3H3. The van der Waals surface area contributed by atoms with Crippen molar-refractivity contribution in [1.29, 1.82) is 0 Å². The average Bonchev–Trinajstić information content (AvgIpc) is 2.52. The van der Waals surface area contributed by atoms with E-state index in [9.17, 15) is 4.79 Å². The summed E-state index contributed by atoms with van der Waals surface area (Å²) in [5.41, 5.74) is 8.24. The van der Waals surface area contributed by atoms with Crippen LogP contribution in [0.3, 0.4) is 0 Å². The number of nitrogens with two attached hydrogens (primary N) is 1. The van der Waals surface area contributed by atoms with Crippen molar-refractivity contribution in [3.8, 4) is 5.75 Å². The first kappa shape index (κ1) is 16.8. The molecule has 22 heavy (non-hydrogen) atoms. The van der Waals surface area contributed by atoms with Gasteiger partial charge in [0.1, 0.15) is 5.75 Å². The second-order valence-electron chi connectivity index (χ2n) is 6.08. The SMILES string of the molecule is CCCCC(N)c1ccc2c(c1)N(CCCC)C(=O)C(C)O2. The van der Waals surface area contributed by atoms with E-state index in [2.05, 4.69) is 13.8 Å². The van der Waals surface area contributed by atoms with Crippen LogP contribution in [0.4, 0.5) is 5.69 Å². The van der Waals surface area contributed by atoms with Gasteiger partial charge in [-0.25, -0.2) is 0 Å². The lowest BCUT2D eigenvalue weighted by Gasteiger charge is -2.33. The Bertz CT molecular complexity index is 516. The summed E-state index contributed by atoms with van der Waals surface area (Å²) in [6.45, 7) is 6.85. The van der Waals surface area contributed by atoms with Crippen LogP contribution in [0.2, 0.25) is 0 Å². The number of nitrogens with zero attached hydrogens (tertiary/aromatic N) is 1. The topological polar surface area (TPSA) is 55.6 Å². The fraction of sp³-hybridized carbons (Fsp3) is 0.611. The van der Waals surface area contributed by atoms with Gasteiger partial charge in [0.25, 0.3) is 5.91 Å². The third-order valence-electron chi connectivity index (χ3n) is 4.22. The molecule has 2 N–H and O–H groups in total. The minimum atomic E-state index is -0.413. The highest BCUT2D eigenvalue weighted by atomic mass is 16.5. The number of unbranched alkanes of at least 4 members (excludes halogenated alkanes) is 2. The van der Waals surface area contributed by atoms with Gasteiger partial charge in [0.05, 0.1) is 5.69 Å². The molecule has 0 saturated heterocycles. The smallest absolute Gasteiger partial charge is 0.267 e. The molecule has 1 aliphatic heterocycles. The molecule has 0 bridgehead atoms. The molecule has 122 valence electrons. The van der Waals surface area contributed by atoms with Gasteiger partial charge in [-0.15, -0.1) is 0 Å². The Kier molecular flexibility index (Phi) is 5.83. The number of rotatable bonds is 7. The van der Waals surface area contributed by atoms with Gasteiger partial charge in [-0.05, 0) is 37.5 Å². The molecule has 2 rings (SSSR count). The van der Waals surface area contributed by atoms with Crippen LogP contribution in [0.5, 0.6) is 5.75 Å². The molecule has 1 heterocycles. The number of ether oxygens (including phenoxy) is 1. The summed E-state index contributed by atoms with van der Waals surface area (Å²) in [5.74, 6) is 0.829. The third-order valence-corrected chi connectivity index (χ3v) is 4.22. The van der Waals surface area contributed by atoms with Crippen LogP contribution in [-0.2, 0) is 4.79 Å². The lowest BCUT2D eigenvalue weighted by molar-refractivity contribution is -0.125. The monoisotopic (exact) mass is 304 g/mol. The van der Waals surface area contributed by atoms with E-state index in [1.807, 2.05) is 30.0 Å². The molecule has 0 aliphatic carbocycles. The second-order valence-corrected chi connectivity index (χ2v) is 6.08. The van der Waals surface area contributed by atoms with Crippen LogP contribution in [0, 0.1) is 0 Å². The number of fused-ring (bicyclic) bond motifs is 1. The first-order chi connectivity index (χ1) is 10.6. The van der Waals surface area contributed by atoms with Gasteiger partial charge >= 0.3 is 0 Å². The molecule has 2 atom stereocenters. The van der Waals surface area contributed by atoms with Crippen molar-refractivity contribution in [2.75, 3.05) is 11.4 Å². The van der Waals surface area contributed by atoms with E-state index >= 15 is 0 Å². The molecule has 1 aromatic carbocycles. The lowest BCUT2D eigenvalue weighted by atomic mass is 10.00. The summed E-state index contributed by atoms with van der Waals surface area (Å²) in [6.07, 6.45) is 4.86. The zero-order valence-electron chi connectivity index (χ0n) is 14.0. The Morgan fingerprint density at radius 1 is 1.27 bits per heavy atom. The summed E-state index contributed by atoms with van der Waals surface area (Å²) in [7, 11) is 0. The largest absolute Gasteiger partial charge is 0.479 e. The van der Waals surface area contributed by atoms with E-state index in [1.165, 1.54) is 0 Å². The number of carbonyl (C=O) groups is 1. The maximum absolute atomic E-state index is 12.4. The number of carbonyl (C=O) groups excluding carboxylic acids is 1. The minimum absolute atomic E-state index is 0.0210. The van der Waals surface area contributed by atoms with Crippen LogP contribution in [0.25, 0.3) is 0 Å². The molecular weight excluding hydrogens is 276 g/mol. The van der Waals surface area contributed by atoms with Gasteiger partial charge in [0.2, 0.25) is 0 Å². The Labute approximate surface area is 133 Å². The van der Waals surface area contributed by atoms with Gasteiger partial charge in [-0.3, -0.25) is 4.79 Å². The van der Waals surface area contributed by atoms with Crippen LogP contribution in [0.15, 0.2) is 18.2 Å². The Balaban J connectivity index is 2.27. The van der Waals surface area contributed by atoms with E-state index in [-0.39, 0.29) is 11.9 Å². The van der Waals surface area contributed by atoms with Gasteiger partial charge < -0.3 is 15.4 Å². The molecule has 0 saturated carbocycles. The lowest BCUT2D eigenvalue weighted by Crippen LogP contribution is -2.45. The molecule has 1 aliphatic rings. The molecule has 0 aromatic heterocycles. The van der Waals surface area contributed by atoms with Crippen LogP contribution < -0.4 is 15.4 Å². The van der Waals surface area contributed by atoms with Crippen molar-refractivity contribution in [3.63, 3.8) is 0 Å². The number of hydrogen-bond donors (Lipinski definition) is 1. The van der Waals surface area contributed by atoms with E-state index in [1.54, 1.807) is 0 Å². The molecule has 4 heteroatoms. The normalized spacial score (nSPS) is 18.8. The highest BCUT2D eigenvalue weighted by molar-refractivity contribution is 5.99. The minimum Gasteiger partial charge on any atom is -0.479 e. The van der Waals surface area contributed by atoms with E-state index in [4.69, 9.17) is 10.5 Å². The maximum atomic E-state index is 12.4. The van der Waals surface area contributed by atoms with Crippen LogP contribution >= 0.6 is 0 Å². The summed E-state index contributed by atoms with van der Waals surface area (Å²) < 4.78 is 5.74. The number of amides is 1. The Morgan fingerprint density at radius 2 is 2.00 bits per heavy atom. The molecule has 4 nitrogen and oxygen atoms in total. The molecule has 1 amide bonds. The fourth-order valence-corrected chi connectivity index (χ4v) is 2.79.